The average molecular weight is 535 g/mol. The van der Waals surface area contributed by atoms with E-state index in [2.05, 4.69) is 0 Å². The number of carbonyl (C=O) groups is 1. The van der Waals surface area contributed by atoms with E-state index >= 15 is 4.39 Å². The number of aryl methyl sites for hydroxylation is 2. The van der Waals surface area contributed by atoms with Gasteiger partial charge in [0.15, 0.2) is 0 Å². The summed E-state index contributed by atoms with van der Waals surface area (Å²) >= 11 is 0. The first-order valence-corrected chi connectivity index (χ1v) is 13.4. The average Bonchev–Trinajstić information content (AvgIpc) is 3.44. The van der Waals surface area contributed by atoms with Crippen LogP contribution in [0.2, 0.25) is 0 Å². The molecule has 2 N–H and O–H groups in total. The van der Waals surface area contributed by atoms with Gasteiger partial charge in [-0.15, -0.1) is 0 Å². The van der Waals surface area contributed by atoms with Crippen LogP contribution in [0.3, 0.4) is 0 Å². The van der Waals surface area contributed by atoms with Crippen molar-refractivity contribution in [3.63, 3.8) is 0 Å². The number of benzene rings is 3. The maximum absolute atomic E-state index is 15.2. The lowest BCUT2D eigenvalue weighted by Gasteiger charge is -2.20. The summed E-state index contributed by atoms with van der Waals surface area (Å²) in [5, 5.41) is 19.1. The number of halogens is 1. The van der Waals surface area contributed by atoms with Crippen molar-refractivity contribution in [1.82, 2.24) is 0 Å². The largest absolute Gasteiger partial charge is 0.493 e. The third-order valence-corrected chi connectivity index (χ3v) is 7.60. The number of ether oxygens (including phenoxy) is 3. The quantitative estimate of drug-likeness (QED) is 0.319. The summed E-state index contributed by atoms with van der Waals surface area (Å²) in [6.07, 6.45) is 1.46. The Balaban J connectivity index is 1.38. The molecule has 3 aromatic rings. The standard InChI is InChI=1S/C32H35FO6/c1-18-13-22(37-12-11-32(3,4)36)14-19(2)30(18)24-7-9-26(33)31-25(24)8-10-27(31)39-21-5-6-23-20(15-29(34)35)17-38-28(23)16-21/h5-7,9,13-14,16,20,27,36H,8,10-12,15,17H2,1-4H3,(H,34,35)/t20-,27-/m0/s1. The van der Waals surface area contributed by atoms with Crippen molar-refractivity contribution in [3.05, 3.63) is 76.1 Å². The van der Waals surface area contributed by atoms with Gasteiger partial charge >= 0.3 is 5.97 Å². The van der Waals surface area contributed by atoms with Crippen LogP contribution in [0.4, 0.5) is 4.39 Å². The molecule has 0 saturated heterocycles. The van der Waals surface area contributed by atoms with Crippen LogP contribution in [0.1, 0.15) is 72.9 Å². The fourth-order valence-corrected chi connectivity index (χ4v) is 5.75. The summed E-state index contributed by atoms with van der Waals surface area (Å²) in [5.41, 5.74) is 5.77. The van der Waals surface area contributed by atoms with Crippen LogP contribution in [0.15, 0.2) is 42.5 Å². The molecule has 0 radical (unpaired) electrons. The lowest BCUT2D eigenvalue weighted by atomic mass is 9.90. The number of carboxylic acids is 1. The maximum atomic E-state index is 15.2. The summed E-state index contributed by atoms with van der Waals surface area (Å²) in [5.74, 6) is 0.640. The molecule has 0 aromatic heterocycles. The van der Waals surface area contributed by atoms with Gasteiger partial charge in [-0.2, -0.15) is 0 Å². The van der Waals surface area contributed by atoms with Crippen LogP contribution in [-0.2, 0) is 11.2 Å². The minimum absolute atomic E-state index is 0.0178. The zero-order valence-corrected chi connectivity index (χ0v) is 22.8. The van der Waals surface area contributed by atoms with Crippen molar-refractivity contribution < 1.29 is 33.6 Å². The Morgan fingerprint density at radius 3 is 2.54 bits per heavy atom. The highest BCUT2D eigenvalue weighted by Gasteiger charge is 2.32. The van der Waals surface area contributed by atoms with E-state index in [0.29, 0.717) is 49.5 Å². The SMILES string of the molecule is Cc1cc(OCCC(C)(C)O)cc(C)c1-c1ccc(F)c2c1CC[C@@H]2Oc1ccc2c(c1)OC[C@@H]2CC(=O)O. The van der Waals surface area contributed by atoms with E-state index in [1.54, 1.807) is 19.9 Å². The molecule has 7 heteroatoms. The molecule has 0 fully saturated rings. The lowest BCUT2D eigenvalue weighted by Crippen LogP contribution is -2.21. The molecule has 2 atom stereocenters. The van der Waals surface area contributed by atoms with Crippen LogP contribution >= 0.6 is 0 Å². The van der Waals surface area contributed by atoms with E-state index in [0.717, 1.165) is 39.1 Å². The molecule has 0 saturated carbocycles. The fourth-order valence-electron chi connectivity index (χ4n) is 5.75. The molecule has 1 aliphatic heterocycles. The van der Waals surface area contributed by atoms with Gasteiger partial charge in [0.25, 0.3) is 0 Å². The zero-order valence-electron chi connectivity index (χ0n) is 22.8. The molecule has 1 heterocycles. The molecule has 1 aliphatic carbocycles. The maximum Gasteiger partial charge on any atom is 0.304 e. The number of fused-ring (bicyclic) bond motifs is 2. The van der Waals surface area contributed by atoms with Crippen LogP contribution in [-0.4, -0.2) is 35.0 Å². The molecule has 0 unspecified atom stereocenters. The molecule has 39 heavy (non-hydrogen) atoms. The first-order valence-electron chi connectivity index (χ1n) is 13.4. The van der Waals surface area contributed by atoms with Gasteiger partial charge < -0.3 is 24.4 Å². The van der Waals surface area contributed by atoms with E-state index < -0.39 is 17.7 Å². The monoisotopic (exact) mass is 534 g/mol. The molecule has 206 valence electrons. The van der Waals surface area contributed by atoms with E-state index in [1.807, 2.05) is 44.2 Å². The third kappa shape index (κ3) is 5.74. The molecule has 2 aliphatic rings. The number of aliphatic carboxylic acids is 1. The summed E-state index contributed by atoms with van der Waals surface area (Å²) in [6, 6.07) is 12.8. The molecule has 0 bridgehead atoms. The van der Waals surface area contributed by atoms with Gasteiger partial charge in [-0.05, 0) is 92.6 Å². The minimum atomic E-state index is -0.857. The molecule has 0 amide bonds. The second-order valence-corrected chi connectivity index (χ2v) is 11.3. The number of carboxylic acid groups (broad SMARTS) is 1. The minimum Gasteiger partial charge on any atom is -0.493 e. The highest BCUT2D eigenvalue weighted by Crippen LogP contribution is 2.45. The van der Waals surface area contributed by atoms with Crippen LogP contribution in [0.25, 0.3) is 11.1 Å². The van der Waals surface area contributed by atoms with E-state index in [-0.39, 0.29) is 18.2 Å². The lowest BCUT2D eigenvalue weighted by molar-refractivity contribution is -0.137. The summed E-state index contributed by atoms with van der Waals surface area (Å²) in [7, 11) is 0. The Labute approximate surface area is 228 Å². The predicted molar refractivity (Wildman–Crippen MR) is 146 cm³/mol. The molecular weight excluding hydrogens is 499 g/mol. The van der Waals surface area contributed by atoms with Crippen molar-refractivity contribution in [2.45, 2.75) is 71.0 Å². The Kier molecular flexibility index (Phi) is 7.29. The number of hydrogen-bond donors (Lipinski definition) is 2. The van der Waals surface area contributed by atoms with Crippen LogP contribution in [0, 0.1) is 19.7 Å². The van der Waals surface area contributed by atoms with Gasteiger partial charge in [0.2, 0.25) is 0 Å². The number of hydrogen-bond acceptors (Lipinski definition) is 5. The van der Waals surface area contributed by atoms with Crippen LogP contribution < -0.4 is 14.2 Å². The van der Waals surface area contributed by atoms with E-state index in [1.165, 1.54) is 6.07 Å². The van der Waals surface area contributed by atoms with Gasteiger partial charge in [-0.25, -0.2) is 4.39 Å². The first kappa shape index (κ1) is 27.0. The smallest absolute Gasteiger partial charge is 0.304 e. The van der Waals surface area contributed by atoms with Crippen molar-refractivity contribution >= 4 is 5.97 Å². The predicted octanol–water partition coefficient (Wildman–Crippen LogP) is 6.67. The number of rotatable bonds is 9. The second-order valence-electron chi connectivity index (χ2n) is 11.3. The van der Waals surface area contributed by atoms with Gasteiger partial charge in [0.05, 0.1) is 25.2 Å². The van der Waals surface area contributed by atoms with Crippen molar-refractivity contribution in [2.24, 2.45) is 0 Å². The highest BCUT2D eigenvalue weighted by molar-refractivity contribution is 5.76. The number of aliphatic hydroxyl groups is 1. The summed E-state index contributed by atoms with van der Waals surface area (Å²) in [4.78, 5) is 11.1. The molecule has 0 spiro atoms. The van der Waals surface area contributed by atoms with Crippen molar-refractivity contribution in [2.75, 3.05) is 13.2 Å². The van der Waals surface area contributed by atoms with E-state index in [9.17, 15) is 9.90 Å². The van der Waals surface area contributed by atoms with Crippen molar-refractivity contribution in [1.29, 1.82) is 0 Å². The molecule has 6 nitrogen and oxygen atoms in total. The Morgan fingerprint density at radius 1 is 1.10 bits per heavy atom. The summed E-state index contributed by atoms with van der Waals surface area (Å²) < 4.78 is 33.2. The molecule has 5 rings (SSSR count). The van der Waals surface area contributed by atoms with Gasteiger partial charge in [-0.3, -0.25) is 4.79 Å². The fraction of sp³-hybridized carbons (Fsp3) is 0.406. The highest BCUT2D eigenvalue weighted by atomic mass is 19.1. The van der Waals surface area contributed by atoms with Gasteiger partial charge in [-0.1, -0.05) is 12.1 Å². The zero-order chi connectivity index (χ0) is 27.9. The van der Waals surface area contributed by atoms with Crippen molar-refractivity contribution in [3.8, 4) is 28.4 Å². The van der Waals surface area contributed by atoms with E-state index in [4.69, 9.17) is 19.3 Å². The normalized spacial score (nSPS) is 17.9. The Hall–Kier alpha value is -3.58. The topological polar surface area (TPSA) is 85.2 Å². The second kappa shape index (κ2) is 10.5. The summed E-state index contributed by atoms with van der Waals surface area (Å²) in [6.45, 7) is 8.34. The van der Waals surface area contributed by atoms with Crippen LogP contribution in [0.5, 0.6) is 17.2 Å². The Bertz CT molecular complexity index is 1380. The Morgan fingerprint density at radius 2 is 1.85 bits per heavy atom. The van der Waals surface area contributed by atoms with Gasteiger partial charge in [0, 0.05) is 29.5 Å². The third-order valence-electron chi connectivity index (χ3n) is 7.60. The van der Waals surface area contributed by atoms with Gasteiger partial charge in [0.1, 0.15) is 29.2 Å². The first-order chi connectivity index (χ1) is 18.5. The molecule has 3 aromatic carbocycles. The molecular formula is C32H35FO6.